The first-order chi connectivity index (χ1) is 12.1. The van der Waals surface area contributed by atoms with Crippen LogP contribution in [0.15, 0.2) is 53.6 Å². The third-order valence-electron chi connectivity index (χ3n) is 3.75. The number of ether oxygens (including phenoxy) is 1. The fraction of sp³-hybridized carbons (Fsp3) is 0.176. The van der Waals surface area contributed by atoms with E-state index >= 15 is 0 Å². The number of aromatic amines is 1. The number of carbonyl (C=O) groups excluding carboxylic acids is 1. The van der Waals surface area contributed by atoms with Gasteiger partial charge in [0.2, 0.25) is 0 Å². The summed E-state index contributed by atoms with van der Waals surface area (Å²) >= 11 is 0. The fourth-order valence-corrected chi connectivity index (χ4v) is 2.52. The molecule has 2 heterocycles. The van der Waals surface area contributed by atoms with Gasteiger partial charge in [0.05, 0.1) is 7.11 Å². The Morgan fingerprint density at radius 3 is 2.72 bits per heavy atom. The Morgan fingerprint density at radius 2 is 2.08 bits per heavy atom. The Bertz CT molecular complexity index is 927. The summed E-state index contributed by atoms with van der Waals surface area (Å²) in [6.07, 6.45) is 3.45. The molecule has 0 radical (unpaired) electrons. The van der Waals surface area contributed by atoms with Crippen molar-refractivity contribution in [2.45, 2.75) is 6.04 Å². The number of amides is 1. The van der Waals surface area contributed by atoms with Gasteiger partial charge in [-0.25, -0.2) is 10.1 Å². The highest BCUT2D eigenvalue weighted by Crippen LogP contribution is 2.29. The van der Waals surface area contributed by atoms with Crippen LogP contribution in [0, 0.1) is 0 Å². The molecule has 25 heavy (non-hydrogen) atoms. The number of carbonyl (C=O) groups is 1. The van der Waals surface area contributed by atoms with Gasteiger partial charge in [-0.15, -0.1) is 0 Å². The van der Waals surface area contributed by atoms with Gasteiger partial charge in [-0.3, -0.25) is 9.59 Å². The van der Waals surface area contributed by atoms with Crippen LogP contribution in [0.5, 0.6) is 5.75 Å². The Kier molecular flexibility index (Phi) is 4.60. The van der Waals surface area contributed by atoms with E-state index in [9.17, 15) is 9.59 Å². The van der Waals surface area contributed by atoms with E-state index < -0.39 is 11.9 Å². The molecule has 0 fully saturated rings. The van der Waals surface area contributed by atoms with Crippen molar-refractivity contribution in [2.75, 3.05) is 7.11 Å². The molecule has 1 amide bonds. The highest BCUT2D eigenvalue weighted by Gasteiger charge is 2.24. The number of rotatable bonds is 5. The molecule has 3 aromatic rings. The average molecular weight is 339 g/mol. The number of nitrogens with one attached hydrogen (secondary N) is 2. The maximum absolute atomic E-state index is 12.6. The van der Waals surface area contributed by atoms with Crippen LogP contribution in [0.4, 0.5) is 0 Å². The van der Waals surface area contributed by atoms with Crippen LogP contribution in [0.25, 0.3) is 0 Å². The molecular weight excluding hydrogens is 322 g/mol. The Balaban J connectivity index is 2.00. The number of imidazole rings is 1. The summed E-state index contributed by atoms with van der Waals surface area (Å²) in [5.41, 5.74) is 0.493. The highest BCUT2D eigenvalue weighted by molar-refractivity contribution is 5.92. The van der Waals surface area contributed by atoms with E-state index in [0.29, 0.717) is 11.6 Å². The van der Waals surface area contributed by atoms with Crippen molar-refractivity contribution >= 4 is 5.91 Å². The van der Waals surface area contributed by atoms with Crippen molar-refractivity contribution in [3.63, 3.8) is 0 Å². The number of para-hydroxylation sites is 1. The molecule has 128 valence electrons. The molecule has 0 aliphatic rings. The van der Waals surface area contributed by atoms with E-state index in [-0.39, 0.29) is 11.3 Å². The minimum atomic E-state index is -0.544. The first-order valence-electron chi connectivity index (χ1n) is 7.57. The van der Waals surface area contributed by atoms with E-state index in [2.05, 4.69) is 20.5 Å². The van der Waals surface area contributed by atoms with Crippen molar-refractivity contribution in [1.29, 1.82) is 0 Å². The molecule has 0 bridgehead atoms. The second-order valence-corrected chi connectivity index (χ2v) is 5.35. The maximum Gasteiger partial charge on any atom is 0.272 e. The number of aryl methyl sites for hydroxylation is 1. The van der Waals surface area contributed by atoms with Gasteiger partial charge < -0.3 is 14.6 Å². The van der Waals surface area contributed by atoms with Crippen molar-refractivity contribution in [1.82, 2.24) is 25.1 Å². The molecule has 8 heteroatoms. The summed E-state index contributed by atoms with van der Waals surface area (Å²) in [6.45, 7) is 0. The fourth-order valence-electron chi connectivity index (χ4n) is 2.52. The first kappa shape index (κ1) is 16.4. The van der Waals surface area contributed by atoms with Gasteiger partial charge in [0.1, 0.15) is 23.3 Å². The minimum absolute atomic E-state index is 0.105. The molecule has 8 nitrogen and oxygen atoms in total. The SMILES string of the molecule is COc1ccccc1[C@@H](NC(=O)c1ccc(=O)[nH]n1)c1nccn1C. The Morgan fingerprint density at radius 1 is 1.28 bits per heavy atom. The van der Waals surface area contributed by atoms with Crippen LogP contribution in [-0.4, -0.2) is 32.8 Å². The van der Waals surface area contributed by atoms with Crippen LogP contribution in [-0.2, 0) is 7.05 Å². The van der Waals surface area contributed by atoms with Crippen LogP contribution in [0.3, 0.4) is 0 Å². The molecule has 1 aromatic carbocycles. The zero-order valence-corrected chi connectivity index (χ0v) is 13.8. The lowest BCUT2D eigenvalue weighted by Gasteiger charge is -2.21. The second-order valence-electron chi connectivity index (χ2n) is 5.35. The van der Waals surface area contributed by atoms with Crippen molar-refractivity contribution < 1.29 is 9.53 Å². The van der Waals surface area contributed by atoms with Crippen molar-refractivity contribution in [3.8, 4) is 5.75 Å². The monoisotopic (exact) mass is 339 g/mol. The summed E-state index contributed by atoms with van der Waals surface area (Å²) < 4.78 is 7.23. The summed E-state index contributed by atoms with van der Waals surface area (Å²) in [7, 11) is 3.41. The number of hydrogen-bond acceptors (Lipinski definition) is 5. The number of aromatic nitrogens is 4. The van der Waals surface area contributed by atoms with E-state index in [1.54, 1.807) is 19.5 Å². The number of hydrogen-bond donors (Lipinski definition) is 2. The molecule has 2 N–H and O–H groups in total. The lowest BCUT2D eigenvalue weighted by atomic mass is 10.0. The molecule has 2 aromatic heterocycles. The number of methoxy groups -OCH3 is 1. The normalized spacial score (nSPS) is 11.8. The quantitative estimate of drug-likeness (QED) is 0.723. The molecule has 0 saturated carbocycles. The third kappa shape index (κ3) is 3.42. The molecule has 1 atom stereocenters. The summed E-state index contributed by atoms with van der Waals surface area (Å²) in [5.74, 6) is 0.836. The Hall–Kier alpha value is -3.42. The van der Waals surface area contributed by atoms with Crippen LogP contribution in [0.2, 0.25) is 0 Å². The van der Waals surface area contributed by atoms with Crippen LogP contribution in [0.1, 0.15) is 27.9 Å². The van der Waals surface area contributed by atoms with Gasteiger partial charge in [-0.1, -0.05) is 18.2 Å². The highest BCUT2D eigenvalue weighted by atomic mass is 16.5. The van der Waals surface area contributed by atoms with Gasteiger partial charge in [0.25, 0.3) is 11.5 Å². The number of nitrogens with zero attached hydrogens (tertiary/aromatic N) is 3. The first-order valence-corrected chi connectivity index (χ1v) is 7.57. The van der Waals surface area contributed by atoms with Gasteiger partial charge >= 0.3 is 0 Å². The van der Waals surface area contributed by atoms with Gasteiger partial charge in [0.15, 0.2) is 0 Å². The molecule has 0 aliphatic heterocycles. The topological polar surface area (TPSA) is 102 Å². The van der Waals surface area contributed by atoms with Crippen LogP contribution < -0.4 is 15.6 Å². The molecule has 0 saturated heterocycles. The summed E-state index contributed by atoms with van der Waals surface area (Å²) in [5, 5.41) is 8.91. The third-order valence-corrected chi connectivity index (χ3v) is 3.75. The molecule has 0 unspecified atom stereocenters. The zero-order valence-electron chi connectivity index (χ0n) is 13.8. The summed E-state index contributed by atoms with van der Waals surface area (Å²) in [4.78, 5) is 28.0. The molecule has 0 spiro atoms. The standard InChI is InChI=1S/C17H17N5O3/c1-22-10-9-18-16(22)15(11-5-3-4-6-13(11)25-2)19-17(24)12-7-8-14(23)21-20-12/h3-10,15H,1-2H3,(H,19,24)(H,21,23)/t15-/m1/s1. The number of benzene rings is 1. The van der Waals surface area contributed by atoms with Crippen molar-refractivity contribution in [3.05, 3.63) is 76.2 Å². The Labute approximate surface area is 143 Å². The average Bonchev–Trinajstić information content (AvgIpc) is 3.06. The van der Waals surface area contributed by atoms with E-state index in [0.717, 1.165) is 5.56 Å². The maximum atomic E-state index is 12.6. The number of H-pyrrole nitrogens is 1. The summed E-state index contributed by atoms with van der Waals surface area (Å²) in [6, 6.07) is 9.46. The van der Waals surface area contributed by atoms with E-state index in [1.165, 1.54) is 12.1 Å². The lowest BCUT2D eigenvalue weighted by Crippen LogP contribution is -2.32. The molecular formula is C17H17N5O3. The zero-order chi connectivity index (χ0) is 17.8. The van der Waals surface area contributed by atoms with Gasteiger partial charge in [-0.05, 0) is 12.1 Å². The van der Waals surface area contributed by atoms with Crippen molar-refractivity contribution in [2.24, 2.45) is 7.05 Å². The molecule has 3 rings (SSSR count). The predicted octanol–water partition coefficient (Wildman–Crippen LogP) is 1.03. The van der Waals surface area contributed by atoms with Gasteiger partial charge in [0, 0.05) is 31.1 Å². The lowest BCUT2D eigenvalue weighted by molar-refractivity contribution is 0.0934. The van der Waals surface area contributed by atoms with E-state index in [4.69, 9.17) is 4.74 Å². The largest absolute Gasteiger partial charge is 0.496 e. The van der Waals surface area contributed by atoms with E-state index in [1.807, 2.05) is 35.9 Å². The second kappa shape index (κ2) is 7.00. The van der Waals surface area contributed by atoms with Gasteiger partial charge in [-0.2, -0.15) is 5.10 Å². The predicted molar refractivity (Wildman–Crippen MR) is 90.4 cm³/mol. The molecule has 0 aliphatic carbocycles. The van der Waals surface area contributed by atoms with Crippen LogP contribution >= 0.6 is 0 Å². The smallest absolute Gasteiger partial charge is 0.272 e. The minimum Gasteiger partial charge on any atom is -0.496 e.